The molecule has 96 valence electrons. The highest BCUT2D eigenvalue weighted by atomic mass is 16.5. The summed E-state index contributed by atoms with van der Waals surface area (Å²) >= 11 is 0. The van der Waals surface area contributed by atoms with Crippen molar-refractivity contribution < 1.29 is 9.53 Å². The van der Waals surface area contributed by atoms with E-state index in [1.807, 2.05) is 6.92 Å². The van der Waals surface area contributed by atoms with Crippen LogP contribution < -0.4 is 10.6 Å². The fraction of sp³-hybridized carbons (Fsp3) is 0.917. The van der Waals surface area contributed by atoms with Gasteiger partial charge in [0.25, 0.3) is 0 Å². The lowest BCUT2D eigenvalue weighted by molar-refractivity contribution is -0.120. The molecule has 0 aromatic rings. The van der Waals surface area contributed by atoms with Crippen molar-refractivity contribution in [3.63, 3.8) is 0 Å². The van der Waals surface area contributed by atoms with Gasteiger partial charge < -0.3 is 15.4 Å². The lowest BCUT2D eigenvalue weighted by Crippen LogP contribution is -2.39. The summed E-state index contributed by atoms with van der Waals surface area (Å²) in [6.07, 6.45) is 0.962. The zero-order valence-electron chi connectivity index (χ0n) is 11.0. The first-order valence-corrected chi connectivity index (χ1v) is 6.14. The monoisotopic (exact) mass is 230 g/mol. The number of hydrogen-bond acceptors (Lipinski definition) is 3. The number of rotatable bonds is 9. The number of carbonyl (C=O) groups is 1. The molecule has 16 heavy (non-hydrogen) atoms. The molecule has 0 rings (SSSR count). The summed E-state index contributed by atoms with van der Waals surface area (Å²) in [7, 11) is 0. The molecule has 0 aliphatic rings. The van der Waals surface area contributed by atoms with E-state index < -0.39 is 0 Å². The van der Waals surface area contributed by atoms with Crippen LogP contribution in [0.15, 0.2) is 0 Å². The van der Waals surface area contributed by atoms with Crippen LogP contribution >= 0.6 is 0 Å². The summed E-state index contributed by atoms with van der Waals surface area (Å²) < 4.78 is 5.38. The highest BCUT2D eigenvalue weighted by Gasteiger charge is 2.03. The van der Waals surface area contributed by atoms with E-state index in [-0.39, 0.29) is 11.9 Å². The van der Waals surface area contributed by atoms with Crippen LogP contribution in [0, 0.1) is 5.92 Å². The molecule has 4 heteroatoms. The lowest BCUT2D eigenvalue weighted by Gasteiger charge is -2.12. The Balaban J connectivity index is 3.28. The first-order valence-electron chi connectivity index (χ1n) is 6.14. The second-order valence-corrected chi connectivity index (χ2v) is 4.52. The van der Waals surface area contributed by atoms with Gasteiger partial charge >= 0.3 is 0 Å². The molecule has 0 bridgehead atoms. The molecule has 0 aliphatic carbocycles. The van der Waals surface area contributed by atoms with Gasteiger partial charge in [0.2, 0.25) is 5.91 Å². The van der Waals surface area contributed by atoms with E-state index in [0.29, 0.717) is 19.1 Å². The van der Waals surface area contributed by atoms with Crippen LogP contribution in [-0.4, -0.2) is 38.3 Å². The van der Waals surface area contributed by atoms with Gasteiger partial charge in [-0.25, -0.2) is 0 Å². The first-order chi connectivity index (χ1) is 7.56. The molecule has 0 heterocycles. The minimum atomic E-state index is 0.0539. The van der Waals surface area contributed by atoms with Gasteiger partial charge in [0, 0.05) is 19.2 Å². The van der Waals surface area contributed by atoms with Crippen LogP contribution in [0.5, 0.6) is 0 Å². The number of amides is 1. The SMILES string of the molecule is CCC(C)NC(=O)CNCCOCC(C)C. The zero-order chi connectivity index (χ0) is 12.4. The fourth-order valence-corrected chi connectivity index (χ4v) is 1.09. The molecule has 0 aromatic carbocycles. The third-order valence-corrected chi connectivity index (χ3v) is 2.18. The maximum Gasteiger partial charge on any atom is 0.234 e. The van der Waals surface area contributed by atoms with Gasteiger partial charge in [0.15, 0.2) is 0 Å². The Labute approximate surface area is 99.1 Å². The average molecular weight is 230 g/mol. The third-order valence-electron chi connectivity index (χ3n) is 2.18. The van der Waals surface area contributed by atoms with Gasteiger partial charge in [-0.3, -0.25) is 4.79 Å². The highest BCUT2D eigenvalue weighted by Crippen LogP contribution is 1.91. The summed E-state index contributed by atoms with van der Waals surface area (Å²) in [6.45, 7) is 10.8. The highest BCUT2D eigenvalue weighted by molar-refractivity contribution is 5.78. The second kappa shape index (κ2) is 9.60. The van der Waals surface area contributed by atoms with Crippen molar-refractivity contribution in [1.82, 2.24) is 10.6 Å². The molecule has 0 spiro atoms. The van der Waals surface area contributed by atoms with Gasteiger partial charge in [-0.2, -0.15) is 0 Å². The van der Waals surface area contributed by atoms with Crippen molar-refractivity contribution in [3.8, 4) is 0 Å². The van der Waals surface area contributed by atoms with E-state index in [1.165, 1.54) is 0 Å². The van der Waals surface area contributed by atoms with E-state index >= 15 is 0 Å². The number of nitrogens with one attached hydrogen (secondary N) is 2. The van der Waals surface area contributed by atoms with Crippen molar-refractivity contribution in [2.45, 2.75) is 40.2 Å². The Kier molecular flexibility index (Phi) is 9.24. The summed E-state index contributed by atoms with van der Waals surface area (Å²) in [4.78, 5) is 11.3. The quantitative estimate of drug-likeness (QED) is 0.584. The molecule has 0 saturated heterocycles. The Bertz CT molecular complexity index is 184. The van der Waals surface area contributed by atoms with Crippen LogP contribution in [0.25, 0.3) is 0 Å². The molecular formula is C12H26N2O2. The summed E-state index contributed by atoms with van der Waals surface area (Å²) in [5, 5.41) is 5.95. The van der Waals surface area contributed by atoms with Gasteiger partial charge in [0.05, 0.1) is 13.2 Å². The molecule has 1 unspecified atom stereocenters. The molecule has 4 nitrogen and oxygen atoms in total. The van der Waals surface area contributed by atoms with Gasteiger partial charge in [-0.05, 0) is 19.3 Å². The van der Waals surface area contributed by atoms with Crippen LogP contribution in [0.2, 0.25) is 0 Å². The van der Waals surface area contributed by atoms with Crippen LogP contribution in [0.4, 0.5) is 0 Å². The van der Waals surface area contributed by atoms with E-state index in [9.17, 15) is 4.79 Å². The van der Waals surface area contributed by atoms with E-state index in [1.54, 1.807) is 0 Å². The molecule has 0 radical (unpaired) electrons. The molecule has 1 amide bonds. The Hall–Kier alpha value is -0.610. The Morgan fingerprint density at radius 1 is 1.31 bits per heavy atom. The molecule has 1 atom stereocenters. The predicted molar refractivity (Wildman–Crippen MR) is 66.4 cm³/mol. The molecule has 2 N–H and O–H groups in total. The van der Waals surface area contributed by atoms with Crippen molar-refractivity contribution in [1.29, 1.82) is 0 Å². The first kappa shape index (κ1) is 15.4. The number of ether oxygens (including phenoxy) is 1. The van der Waals surface area contributed by atoms with E-state index in [4.69, 9.17) is 4.74 Å². The van der Waals surface area contributed by atoms with Crippen molar-refractivity contribution in [2.24, 2.45) is 5.92 Å². The summed E-state index contributed by atoms with van der Waals surface area (Å²) in [5.74, 6) is 0.618. The van der Waals surface area contributed by atoms with Gasteiger partial charge in [-0.1, -0.05) is 20.8 Å². The Morgan fingerprint density at radius 3 is 2.56 bits per heavy atom. The smallest absolute Gasteiger partial charge is 0.234 e. The largest absolute Gasteiger partial charge is 0.380 e. The third kappa shape index (κ3) is 9.93. The summed E-state index contributed by atoms with van der Waals surface area (Å²) in [5.41, 5.74) is 0. The zero-order valence-corrected chi connectivity index (χ0v) is 11.0. The predicted octanol–water partition coefficient (Wildman–Crippen LogP) is 1.16. The number of carbonyl (C=O) groups excluding carboxylic acids is 1. The van der Waals surface area contributed by atoms with Gasteiger partial charge in [-0.15, -0.1) is 0 Å². The van der Waals surface area contributed by atoms with E-state index in [2.05, 4.69) is 31.4 Å². The molecular weight excluding hydrogens is 204 g/mol. The molecule has 0 saturated carbocycles. The fourth-order valence-electron chi connectivity index (χ4n) is 1.09. The van der Waals surface area contributed by atoms with Crippen molar-refractivity contribution >= 4 is 5.91 Å². The van der Waals surface area contributed by atoms with E-state index in [0.717, 1.165) is 19.6 Å². The van der Waals surface area contributed by atoms with Crippen LogP contribution in [0.1, 0.15) is 34.1 Å². The maximum atomic E-state index is 11.3. The molecule has 0 aliphatic heterocycles. The Morgan fingerprint density at radius 2 is 2.00 bits per heavy atom. The topological polar surface area (TPSA) is 50.4 Å². The minimum absolute atomic E-state index is 0.0539. The summed E-state index contributed by atoms with van der Waals surface area (Å²) in [6, 6.07) is 0.256. The van der Waals surface area contributed by atoms with Crippen molar-refractivity contribution in [2.75, 3.05) is 26.3 Å². The lowest BCUT2D eigenvalue weighted by atomic mass is 10.2. The van der Waals surface area contributed by atoms with Crippen LogP contribution in [0.3, 0.4) is 0 Å². The molecule has 0 fully saturated rings. The normalized spacial score (nSPS) is 12.8. The van der Waals surface area contributed by atoms with Crippen molar-refractivity contribution in [3.05, 3.63) is 0 Å². The maximum absolute atomic E-state index is 11.3. The molecule has 0 aromatic heterocycles. The standard InChI is InChI=1S/C12H26N2O2/c1-5-11(4)14-12(15)8-13-6-7-16-9-10(2)3/h10-11,13H,5-9H2,1-4H3,(H,14,15). The van der Waals surface area contributed by atoms with Gasteiger partial charge in [0.1, 0.15) is 0 Å². The second-order valence-electron chi connectivity index (χ2n) is 4.52. The van der Waals surface area contributed by atoms with Crippen LogP contribution in [-0.2, 0) is 9.53 Å². The average Bonchev–Trinajstić information content (AvgIpc) is 2.22. The number of hydrogen-bond donors (Lipinski definition) is 2. The minimum Gasteiger partial charge on any atom is -0.380 e.